The molecule has 0 saturated heterocycles. The first-order chi connectivity index (χ1) is 6.86. The molecule has 15 heavy (non-hydrogen) atoms. The first-order valence-corrected chi connectivity index (χ1v) is 5.43. The van der Waals surface area contributed by atoms with Crippen LogP contribution in [0.5, 0.6) is 0 Å². The van der Waals surface area contributed by atoms with Gasteiger partial charge >= 0.3 is 0 Å². The van der Waals surface area contributed by atoms with Gasteiger partial charge < -0.3 is 5.73 Å². The van der Waals surface area contributed by atoms with Crippen LogP contribution in [-0.2, 0) is 0 Å². The van der Waals surface area contributed by atoms with E-state index in [0.29, 0.717) is 16.7 Å². The molecule has 0 unspecified atom stereocenters. The Hall–Kier alpha value is -0.900. The third-order valence-corrected chi connectivity index (χ3v) is 2.95. The van der Waals surface area contributed by atoms with E-state index in [1.54, 1.807) is 6.92 Å². The summed E-state index contributed by atoms with van der Waals surface area (Å²) in [7, 11) is 0. The van der Waals surface area contributed by atoms with Crippen LogP contribution in [0.25, 0.3) is 0 Å². The van der Waals surface area contributed by atoms with Crippen molar-refractivity contribution in [1.29, 1.82) is 0 Å². The summed E-state index contributed by atoms with van der Waals surface area (Å²) < 4.78 is 14.0. The fourth-order valence-electron chi connectivity index (χ4n) is 1.68. The summed E-state index contributed by atoms with van der Waals surface area (Å²) in [6.07, 6.45) is 0. The lowest BCUT2D eigenvalue weighted by Crippen LogP contribution is -2.15. The van der Waals surface area contributed by atoms with Crippen LogP contribution in [0.4, 0.5) is 4.39 Å². The molecule has 1 aromatic rings. The zero-order valence-electron chi connectivity index (χ0n) is 8.90. The number of hydrogen-bond acceptors (Lipinski definition) is 1. The lowest BCUT2D eigenvalue weighted by atomic mass is 9.93. The van der Waals surface area contributed by atoms with Crippen LogP contribution in [0.15, 0.2) is 10.5 Å². The maximum absolute atomic E-state index is 13.8. The highest BCUT2D eigenvalue weighted by Gasteiger charge is 2.18. The maximum Gasteiger partial charge on any atom is 0.249 e. The lowest BCUT2D eigenvalue weighted by Gasteiger charge is -2.15. The fourth-order valence-corrected chi connectivity index (χ4v) is 2.12. The molecule has 0 aliphatic carbocycles. The molecule has 0 atom stereocenters. The Kier molecular flexibility index (Phi) is 3.50. The quantitative estimate of drug-likeness (QED) is 0.884. The van der Waals surface area contributed by atoms with Crippen LogP contribution in [-0.4, -0.2) is 5.91 Å². The van der Waals surface area contributed by atoms with E-state index in [-0.39, 0.29) is 16.2 Å². The molecule has 2 nitrogen and oxygen atoms in total. The minimum Gasteiger partial charge on any atom is -0.366 e. The van der Waals surface area contributed by atoms with Crippen molar-refractivity contribution in [3.05, 3.63) is 33.0 Å². The molecule has 4 heteroatoms. The van der Waals surface area contributed by atoms with E-state index in [1.165, 1.54) is 6.07 Å². The number of halogens is 2. The van der Waals surface area contributed by atoms with Gasteiger partial charge in [-0.1, -0.05) is 13.8 Å². The monoisotopic (exact) mass is 273 g/mol. The van der Waals surface area contributed by atoms with Crippen molar-refractivity contribution in [1.82, 2.24) is 0 Å². The highest BCUT2D eigenvalue weighted by Crippen LogP contribution is 2.30. The van der Waals surface area contributed by atoms with Gasteiger partial charge in [-0.2, -0.15) is 0 Å². The van der Waals surface area contributed by atoms with Crippen LogP contribution in [0.3, 0.4) is 0 Å². The van der Waals surface area contributed by atoms with Crippen molar-refractivity contribution >= 4 is 21.8 Å². The van der Waals surface area contributed by atoms with Crippen molar-refractivity contribution in [2.45, 2.75) is 26.7 Å². The molecular weight excluding hydrogens is 261 g/mol. The summed E-state index contributed by atoms with van der Waals surface area (Å²) in [6.45, 7) is 5.47. The van der Waals surface area contributed by atoms with E-state index < -0.39 is 5.91 Å². The second-order valence-electron chi connectivity index (χ2n) is 3.78. The SMILES string of the molecule is Cc1c(C(N)=O)cc(Br)c(F)c1C(C)C. The number of amides is 1. The van der Waals surface area contributed by atoms with Crippen LogP contribution in [0.1, 0.15) is 41.3 Å². The van der Waals surface area contributed by atoms with Crippen LogP contribution in [0, 0.1) is 12.7 Å². The molecule has 0 fully saturated rings. The molecule has 0 saturated carbocycles. The van der Waals surface area contributed by atoms with Crippen LogP contribution < -0.4 is 5.73 Å². The normalized spacial score (nSPS) is 10.8. The van der Waals surface area contributed by atoms with Crippen molar-refractivity contribution < 1.29 is 9.18 Å². The summed E-state index contributed by atoms with van der Waals surface area (Å²) in [4.78, 5) is 11.1. The molecule has 0 bridgehead atoms. The summed E-state index contributed by atoms with van der Waals surface area (Å²) in [5.41, 5.74) is 6.75. The summed E-state index contributed by atoms with van der Waals surface area (Å²) in [6, 6.07) is 1.43. The molecule has 0 aliphatic rings. The Morgan fingerprint density at radius 1 is 1.53 bits per heavy atom. The lowest BCUT2D eigenvalue weighted by molar-refractivity contribution is 0.0999. The van der Waals surface area contributed by atoms with Crippen LogP contribution >= 0.6 is 15.9 Å². The topological polar surface area (TPSA) is 43.1 Å². The molecule has 0 aliphatic heterocycles. The standard InChI is InChI=1S/C11H13BrFNO/c1-5(2)9-6(3)7(11(14)15)4-8(12)10(9)13/h4-5H,1-3H3,(H2,14,15). The van der Waals surface area contributed by atoms with Crippen molar-refractivity contribution in [3.8, 4) is 0 Å². The van der Waals surface area contributed by atoms with Gasteiger partial charge in [0.1, 0.15) is 5.82 Å². The molecule has 0 radical (unpaired) electrons. The van der Waals surface area contributed by atoms with E-state index in [0.717, 1.165) is 0 Å². The molecule has 1 rings (SSSR count). The van der Waals surface area contributed by atoms with E-state index in [9.17, 15) is 9.18 Å². The molecule has 2 N–H and O–H groups in total. The Balaban J connectivity index is 3.56. The second kappa shape index (κ2) is 4.31. The average molecular weight is 274 g/mol. The van der Waals surface area contributed by atoms with E-state index >= 15 is 0 Å². The average Bonchev–Trinajstić information content (AvgIpc) is 2.10. The molecule has 1 aromatic carbocycles. The number of rotatable bonds is 2. The van der Waals surface area contributed by atoms with Gasteiger partial charge in [0.25, 0.3) is 0 Å². The van der Waals surface area contributed by atoms with Gasteiger partial charge in [0.15, 0.2) is 0 Å². The summed E-state index contributed by atoms with van der Waals surface area (Å²) >= 11 is 3.08. The van der Waals surface area contributed by atoms with Gasteiger partial charge in [0, 0.05) is 5.56 Å². The van der Waals surface area contributed by atoms with Gasteiger partial charge in [-0.05, 0) is 46.0 Å². The molecule has 1 amide bonds. The highest BCUT2D eigenvalue weighted by atomic mass is 79.9. The summed E-state index contributed by atoms with van der Waals surface area (Å²) in [5, 5.41) is 0. The Labute approximate surface area is 96.8 Å². The van der Waals surface area contributed by atoms with Crippen molar-refractivity contribution in [3.63, 3.8) is 0 Å². The second-order valence-corrected chi connectivity index (χ2v) is 4.63. The molecule has 0 aromatic heterocycles. The minimum atomic E-state index is -0.532. The first kappa shape index (κ1) is 12.2. The largest absolute Gasteiger partial charge is 0.366 e. The van der Waals surface area contributed by atoms with Gasteiger partial charge in [-0.15, -0.1) is 0 Å². The Morgan fingerprint density at radius 3 is 2.47 bits per heavy atom. The predicted molar refractivity (Wildman–Crippen MR) is 61.4 cm³/mol. The number of nitrogens with two attached hydrogens (primary N) is 1. The Morgan fingerprint density at radius 2 is 2.07 bits per heavy atom. The summed E-state index contributed by atoms with van der Waals surface area (Å²) in [5.74, 6) is -0.830. The van der Waals surface area contributed by atoms with Crippen LogP contribution in [0.2, 0.25) is 0 Å². The van der Waals surface area contributed by atoms with E-state index in [2.05, 4.69) is 15.9 Å². The number of carbonyl (C=O) groups is 1. The van der Waals surface area contributed by atoms with Crippen molar-refractivity contribution in [2.24, 2.45) is 5.73 Å². The third-order valence-electron chi connectivity index (χ3n) is 2.37. The zero-order chi connectivity index (χ0) is 11.7. The number of benzene rings is 1. The molecule has 82 valence electrons. The highest BCUT2D eigenvalue weighted by molar-refractivity contribution is 9.10. The number of hydrogen-bond donors (Lipinski definition) is 1. The minimum absolute atomic E-state index is 0.0144. The third kappa shape index (κ3) is 2.20. The molecule has 0 spiro atoms. The predicted octanol–water partition coefficient (Wildman–Crippen LogP) is 3.12. The first-order valence-electron chi connectivity index (χ1n) is 4.64. The number of carbonyl (C=O) groups excluding carboxylic acids is 1. The maximum atomic E-state index is 13.8. The van der Waals surface area contributed by atoms with Crippen molar-refractivity contribution in [2.75, 3.05) is 0 Å². The van der Waals surface area contributed by atoms with E-state index in [4.69, 9.17) is 5.73 Å². The zero-order valence-corrected chi connectivity index (χ0v) is 10.5. The molecular formula is C11H13BrFNO. The number of primary amides is 1. The van der Waals surface area contributed by atoms with Gasteiger partial charge in [0.05, 0.1) is 4.47 Å². The Bertz CT molecular complexity index is 416. The fraction of sp³-hybridized carbons (Fsp3) is 0.364. The van der Waals surface area contributed by atoms with Gasteiger partial charge in [0.2, 0.25) is 5.91 Å². The van der Waals surface area contributed by atoms with Gasteiger partial charge in [-0.25, -0.2) is 4.39 Å². The van der Waals surface area contributed by atoms with Gasteiger partial charge in [-0.3, -0.25) is 4.79 Å². The molecule has 0 heterocycles. The smallest absolute Gasteiger partial charge is 0.249 e. The van der Waals surface area contributed by atoms with E-state index in [1.807, 2.05) is 13.8 Å².